The number of ether oxygens (including phenoxy) is 1. The number of hydrogen-bond donors (Lipinski definition) is 2. The molecule has 0 aliphatic carbocycles. The zero-order chi connectivity index (χ0) is 10.8. The average Bonchev–Trinajstić information content (AvgIpc) is 2.13. The van der Waals surface area contributed by atoms with Crippen molar-refractivity contribution >= 4 is 11.9 Å². The maximum Gasteiger partial charge on any atom is 0.315 e. The summed E-state index contributed by atoms with van der Waals surface area (Å²) in [5, 5.41) is 5.66. The molecule has 0 aliphatic rings. The minimum atomic E-state index is -0.478. The van der Waals surface area contributed by atoms with Gasteiger partial charge in [-0.05, 0) is 13.5 Å². The normalized spacial score (nSPS) is 9.57. The second-order valence-corrected chi connectivity index (χ2v) is 2.69. The van der Waals surface area contributed by atoms with Crippen LogP contribution < -0.4 is 10.6 Å². The Balaban J connectivity index is 3.40. The van der Waals surface area contributed by atoms with Gasteiger partial charge in [-0.25, -0.2) is 0 Å². The molecule has 5 nitrogen and oxygen atoms in total. The Labute approximate surface area is 84.2 Å². The van der Waals surface area contributed by atoms with Crippen molar-refractivity contribution in [3.05, 3.63) is 0 Å². The molecule has 82 valence electrons. The molecule has 0 spiro atoms. The Hall–Kier alpha value is -1.10. The molecule has 0 aliphatic heterocycles. The maximum absolute atomic E-state index is 11.1. The monoisotopic (exact) mass is 202 g/mol. The predicted octanol–water partition coefficient (Wildman–Crippen LogP) is -0.335. The van der Waals surface area contributed by atoms with Crippen molar-refractivity contribution < 1.29 is 14.3 Å². The molecule has 0 aromatic rings. The van der Waals surface area contributed by atoms with E-state index in [0.29, 0.717) is 19.7 Å². The lowest BCUT2D eigenvalue weighted by molar-refractivity contribution is -0.145. The maximum atomic E-state index is 11.1. The first-order chi connectivity index (χ1) is 6.70. The van der Waals surface area contributed by atoms with Crippen molar-refractivity contribution in [1.29, 1.82) is 0 Å². The number of amides is 1. The Morgan fingerprint density at radius 2 is 1.93 bits per heavy atom. The van der Waals surface area contributed by atoms with Gasteiger partial charge in [0.25, 0.3) is 0 Å². The summed E-state index contributed by atoms with van der Waals surface area (Å²) in [5.74, 6) is -0.769. The van der Waals surface area contributed by atoms with Crippen LogP contribution in [0.3, 0.4) is 0 Å². The van der Waals surface area contributed by atoms with Gasteiger partial charge in [0.15, 0.2) is 0 Å². The summed E-state index contributed by atoms with van der Waals surface area (Å²) in [5.41, 5.74) is 0. The summed E-state index contributed by atoms with van der Waals surface area (Å²) in [6.45, 7) is 6.12. The average molecular weight is 202 g/mol. The molecule has 0 rings (SSSR count). The van der Waals surface area contributed by atoms with Crippen LogP contribution in [0.1, 0.15) is 20.3 Å². The predicted molar refractivity (Wildman–Crippen MR) is 52.8 cm³/mol. The molecular weight excluding hydrogens is 184 g/mol. The molecule has 0 unspecified atom stereocenters. The van der Waals surface area contributed by atoms with Gasteiger partial charge in [0.2, 0.25) is 5.91 Å². The molecular formula is C9H18N2O3. The fourth-order valence-electron chi connectivity index (χ4n) is 0.873. The van der Waals surface area contributed by atoms with E-state index < -0.39 is 5.97 Å². The molecule has 0 fully saturated rings. The summed E-state index contributed by atoms with van der Waals surface area (Å²) < 4.78 is 4.62. The van der Waals surface area contributed by atoms with Crippen LogP contribution in [-0.2, 0) is 14.3 Å². The summed E-state index contributed by atoms with van der Waals surface area (Å²) >= 11 is 0. The van der Waals surface area contributed by atoms with E-state index in [-0.39, 0.29) is 12.3 Å². The van der Waals surface area contributed by atoms with Crippen LogP contribution in [0.5, 0.6) is 0 Å². The number of carbonyl (C=O) groups is 2. The highest BCUT2D eigenvalue weighted by molar-refractivity contribution is 5.94. The van der Waals surface area contributed by atoms with Crippen molar-refractivity contribution in [2.75, 3.05) is 26.2 Å². The van der Waals surface area contributed by atoms with Crippen LogP contribution in [0.4, 0.5) is 0 Å². The molecule has 14 heavy (non-hydrogen) atoms. The smallest absolute Gasteiger partial charge is 0.315 e. The lowest BCUT2D eigenvalue weighted by atomic mass is 10.4. The second-order valence-electron chi connectivity index (χ2n) is 2.69. The van der Waals surface area contributed by atoms with Crippen molar-refractivity contribution in [1.82, 2.24) is 10.6 Å². The van der Waals surface area contributed by atoms with Gasteiger partial charge in [0.1, 0.15) is 6.42 Å². The fourth-order valence-corrected chi connectivity index (χ4v) is 0.873. The van der Waals surface area contributed by atoms with Gasteiger partial charge in [-0.15, -0.1) is 0 Å². The molecule has 0 bridgehead atoms. The fraction of sp³-hybridized carbons (Fsp3) is 0.778. The first kappa shape index (κ1) is 12.9. The van der Waals surface area contributed by atoms with Crippen LogP contribution in [0.15, 0.2) is 0 Å². The molecule has 0 aromatic heterocycles. The van der Waals surface area contributed by atoms with Crippen LogP contribution >= 0.6 is 0 Å². The lowest BCUT2D eigenvalue weighted by Crippen LogP contribution is -2.33. The highest BCUT2D eigenvalue weighted by Gasteiger charge is 2.08. The van der Waals surface area contributed by atoms with E-state index in [2.05, 4.69) is 15.4 Å². The number of likely N-dealkylation sites (N-methyl/N-ethyl adjacent to an activating group) is 1. The molecule has 0 aromatic carbocycles. The standard InChI is InChI=1S/C9H18N2O3/c1-3-10-5-6-11-8(12)7-9(13)14-4-2/h10H,3-7H2,1-2H3,(H,11,12). The lowest BCUT2D eigenvalue weighted by Gasteiger charge is -2.04. The number of esters is 1. The Morgan fingerprint density at radius 1 is 1.21 bits per heavy atom. The molecule has 2 N–H and O–H groups in total. The van der Waals surface area contributed by atoms with Crippen LogP contribution in [0.2, 0.25) is 0 Å². The molecule has 0 atom stereocenters. The number of nitrogens with one attached hydrogen (secondary N) is 2. The van der Waals surface area contributed by atoms with Gasteiger partial charge in [-0.3, -0.25) is 9.59 Å². The molecule has 0 radical (unpaired) electrons. The third kappa shape index (κ3) is 7.54. The number of carbonyl (C=O) groups excluding carboxylic acids is 2. The third-order valence-electron chi connectivity index (χ3n) is 1.48. The highest BCUT2D eigenvalue weighted by atomic mass is 16.5. The topological polar surface area (TPSA) is 67.4 Å². The van der Waals surface area contributed by atoms with Crippen molar-refractivity contribution in [3.8, 4) is 0 Å². The molecule has 0 saturated heterocycles. The zero-order valence-electron chi connectivity index (χ0n) is 8.76. The van der Waals surface area contributed by atoms with Crippen molar-refractivity contribution in [2.24, 2.45) is 0 Å². The van der Waals surface area contributed by atoms with Crippen molar-refractivity contribution in [2.45, 2.75) is 20.3 Å². The first-order valence-corrected chi connectivity index (χ1v) is 4.83. The van der Waals surface area contributed by atoms with Crippen LogP contribution in [0.25, 0.3) is 0 Å². The van der Waals surface area contributed by atoms with Crippen molar-refractivity contribution in [3.63, 3.8) is 0 Å². The largest absolute Gasteiger partial charge is 0.466 e. The minimum Gasteiger partial charge on any atom is -0.466 e. The Kier molecular flexibility index (Phi) is 7.83. The first-order valence-electron chi connectivity index (χ1n) is 4.83. The highest BCUT2D eigenvalue weighted by Crippen LogP contribution is 1.85. The van der Waals surface area contributed by atoms with Gasteiger partial charge in [-0.1, -0.05) is 6.92 Å². The SMILES string of the molecule is CCNCCNC(=O)CC(=O)OCC. The van der Waals surface area contributed by atoms with Gasteiger partial charge < -0.3 is 15.4 Å². The van der Waals surface area contributed by atoms with E-state index in [1.165, 1.54) is 0 Å². The van der Waals surface area contributed by atoms with E-state index in [4.69, 9.17) is 0 Å². The minimum absolute atomic E-state index is 0.194. The van der Waals surface area contributed by atoms with E-state index >= 15 is 0 Å². The van der Waals surface area contributed by atoms with E-state index in [1.807, 2.05) is 6.92 Å². The van der Waals surface area contributed by atoms with Gasteiger partial charge in [0, 0.05) is 13.1 Å². The second kappa shape index (κ2) is 8.50. The van der Waals surface area contributed by atoms with Gasteiger partial charge >= 0.3 is 5.97 Å². The van der Waals surface area contributed by atoms with Gasteiger partial charge in [-0.2, -0.15) is 0 Å². The number of hydrogen-bond acceptors (Lipinski definition) is 4. The number of rotatable bonds is 7. The summed E-state index contributed by atoms with van der Waals surface area (Å²) in [6, 6.07) is 0. The van der Waals surface area contributed by atoms with E-state index in [9.17, 15) is 9.59 Å². The van der Waals surface area contributed by atoms with E-state index in [0.717, 1.165) is 6.54 Å². The third-order valence-corrected chi connectivity index (χ3v) is 1.48. The van der Waals surface area contributed by atoms with Crippen LogP contribution in [-0.4, -0.2) is 38.1 Å². The molecule has 5 heteroatoms. The van der Waals surface area contributed by atoms with Gasteiger partial charge in [0.05, 0.1) is 6.61 Å². The zero-order valence-corrected chi connectivity index (χ0v) is 8.76. The quantitative estimate of drug-likeness (QED) is 0.337. The van der Waals surface area contributed by atoms with E-state index in [1.54, 1.807) is 6.92 Å². The summed E-state index contributed by atoms with van der Waals surface area (Å²) in [6.07, 6.45) is -0.194. The Bertz CT molecular complexity index is 183. The summed E-state index contributed by atoms with van der Waals surface area (Å²) in [7, 11) is 0. The summed E-state index contributed by atoms with van der Waals surface area (Å²) in [4.78, 5) is 21.9. The molecule has 0 saturated carbocycles. The Morgan fingerprint density at radius 3 is 2.50 bits per heavy atom. The molecule has 1 amide bonds. The molecule has 0 heterocycles. The van der Waals surface area contributed by atoms with Crippen LogP contribution in [0, 0.1) is 0 Å².